The van der Waals surface area contributed by atoms with Crippen LogP contribution in [0.1, 0.15) is 49.5 Å². The fourth-order valence-electron chi connectivity index (χ4n) is 6.90. The number of alkyl halides is 2. The van der Waals surface area contributed by atoms with Crippen molar-refractivity contribution < 1.29 is 17.6 Å². The summed E-state index contributed by atoms with van der Waals surface area (Å²) in [5.41, 5.74) is 1.77. The second-order valence-corrected chi connectivity index (χ2v) is 12.3. The van der Waals surface area contributed by atoms with Gasteiger partial charge in [0.15, 0.2) is 11.6 Å². The summed E-state index contributed by atoms with van der Waals surface area (Å²) in [5, 5.41) is 3.00. The van der Waals surface area contributed by atoms with Crippen molar-refractivity contribution in [2.75, 3.05) is 38.5 Å². The summed E-state index contributed by atoms with van der Waals surface area (Å²) in [6, 6.07) is 5.33. The first-order valence-electron chi connectivity index (χ1n) is 14.9. The lowest BCUT2D eigenvalue weighted by Gasteiger charge is -2.46. The number of hydrogen-bond acceptors (Lipinski definition) is 7. The van der Waals surface area contributed by atoms with Gasteiger partial charge in [0.05, 0.1) is 17.8 Å². The number of benzene rings is 1. The third-order valence-corrected chi connectivity index (χ3v) is 9.56. The molecule has 0 saturated carbocycles. The van der Waals surface area contributed by atoms with E-state index in [2.05, 4.69) is 42.1 Å². The highest BCUT2D eigenvalue weighted by Gasteiger charge is 2.37. The topological polar surface area (TPSA) is 75.0 Å². The third kappa shape index (κ3) is 5.46. The Hall–Kier alpha value is -3.64. The van der Waals surface area contributed by atoms with Gasteiger partial charge in [-0.3, -0.25) is 4.90 Å². The van der Waals surface area contributed by atoms with Gasteiger partial charge in [0.2, 0.25) is 5.95 Å². The summed E-state index contributed by atoms with van der Waals surface area (Å²) in [5.74, 6) is -0.510. The van der Waals surface area contributed by atoms with E-state index in [1.165, 1.54) is 49.4 Å². The van der Waals surface area contributed by atoms with Crippen LogP contribution >= 0.6 is 0 Å². The molecule has 3 aliphatic rings. The molecule has 1 spiro atoms. The van der Waals surface area contributed by atoms with E-state index in [9.17, 15) is 13.2 Å². The molecule has 2 fully saturated rings. The molecule has 1 atom stereocenters. The summed E-state index contributed by atoms with van der Waals surface area (Å²) >= 11 is 0. The first kappa shape index (κ1) is 28.1. The number of aryl methyl sites for hydroxylation is 1. The first-order valence-corrected chi connectivity index (χ1v) is 14.9. The van der Waals surface area contributed by atoms with Gasteiger partial charge in [-0.2, -0.15) is 0 Å². The zero-order valence-electron chi connectivity index (χ0n) is 24.0. The molecular formula is C31H34F4N8. The highest BCUT2D eigenvalue weighted by atomic mass is 19.3. The summed E-state index contributed by atoms with van der Waals surface area (Å²) in [7, 11) is 2.21. The molecule has 0 bridgehead atoms. The minimum Gasteiger partial charge on any atom is -0.319 e. The Bertz CT molecular complexity index is 1620. The molecule has 1 N–H and O–H groups in total. The third-order valence-electron chi connectivity index (χ3n) is 9.56. The van der Waals surface area contributed by atoms with Crippen LogP contribution in [0.25, 0.3) is 22.3 Å². The fourth-order valence-corrected chi connectivity index (χ4v) is 6.90. The molecule has 6 heterocycles. The minimum absolute atomic E-state index is 0.00733. The second-order valence-electron chi connectivity index (χ2n) is 12.3. The van der Waals surface area contributed by atoms with E-state index in [4.69, 9.17) is 0 Å². The Morgan fingerprint density at radius 2 is 1.72 bits per heavy atom. The van der Waals surface area contributed by atoms with Gasteiger partial charge >= 0.3 is 0 Å². The van der Waals surface area contributed by atoms with Crippen LogP contribution in [0, 0.1) is 17.0 Å². The lowest BCUT2D eigenvalue weighted by atomic mass is 9.71. The maximum atomic E-state index is 15.0. The molecule has 7 rings (SSSR count). The zero-order valence-corrected chi connectivity index (χ0v) is 24.0. The van der Waals surface area contributed by atoms with Crippen molar-refractivity contribution in [3.63, 3.8) is 0 Å². The Morgan fingerprint density at radius 3 is 2.44 bits per heavy atom. The van der Waals surface area contributed by atoms with E-state index < -0.39 is 24.1 Å². The molecule has 12 heteroatoms. The molecule has 226 valence electrons. The van der Waals surface area contributed by atoms with Gasteiger partial charge < -0.3 is 14.8 Å². The molecular weight excluding hydrogens is 560 g/mol. The van der Waals surface area contributed by atoms with Crippen molar-refractivity contribution >= 4 is 22.8 Å². The van der Waals surface area contributed by atoms with Gasteiger partial charge in [-0.25, -0.2) is 37.5 Å². The van der Waals surface area contributed by atoms with Crippen LogP contribution in [0.15, 0.2) is 36.7 Å². The molecule has 4 aromatic rings. The fraction of sp³-hybridized carbons (Fsp3) is 0.484. The molecule has 8 nitrogen and oxygen atoms in total. The minimum atomic E-state index is -2.62. The van der Waals surface area contributed by atoms with Gasteiger partial charge in [0.1, 0.15) is 22.9 Å². The number of hydrogen-bond donors (Lipinski definition) is 1. The molecule has 0 radical (unpaired) electrons. The number of piperidine rings is 2. The molecule has 0 aliphatic carbocycles. The molecule has 0 amide bonds. The summed E-state index contributed by atoms with van der Waals surface area (Å²) < 4.78 is 58.6. The van der Waals surface area contributed by atoms with Crippen molar-refractivity contribution in [1.82, 2.24) is 34.3 Å². The van der Waals surface area contributed by atoms with Crippen LogP contribution in [0.5, 0.6) is 0 Å². The smallest absolute Gasteiger partial charge is 0.259 e. The summed E-state index contributed by atoms with van der Waals surface area (Å²) in [6.07, 6.45) is 5.81. The Labute approximate surface area is 247 Å². The average Bonchev–Trinajstić information content (AvgIpc) is 3.59. The van der Waals surface area contributed by atoms with E-state index in [1.54, 1.807) is 0 Å². The van der Waals surface area contributed by atoms with Gasteiger partial charge in [0, 0.05) is 24.7 Å². The van der Waals surface area contributed by atoms with E-state index in [1.807, 2.05) is 18.3 Å². The van der Waals surface area contributed by atoms with Gasteiger partial charge in [-0.05, 0) is 94.5 Å². The van der Waals surface area contributed by atoms with Crippen LogP contribution in [0.4, 0.5) is 29.3 Å². The van der Waals surface area contributed by atoms with Crippen LogP contribution in [0.2, 0.25) is 0 Å². The maximum absolute atomic E-state index is 15.0. The van der Waals surface area contributed by atoms with Crippen LogP contribution in [-0.4, -0.2) is 74.0 Å². The first-order chi connectivity index (χ1) is 20.8. The predicted molar refractivity (Wildman–Crippen MR) is 155 cm³/mol. The lowest BCUT2D eigenvalue weighted by Crippen LogP contribution is -2.45. The number of anilines is 2. The summed E-state index contributed by atoms with van der Waals surface area (Å²) in [6.45, 7) is 5.40. The number of fused-ring (bicyclic) bond motifs is 3. The number of nitrogens with zero attached hydrogens (tertiary/aromatic N) is 7. The van der Waals surface area contributed by atoms with Crippen LogP contribution in [-0.2, 0) is 13.0 Å². The SMILES string of the molecule is CN1CCC2(CC1)CCN(Cc1ccc(Nc3ncc(F)c(-c4cc(F)c5nc6n(c5c4)C(C(F)F)CC6)n3)nc1)CC2. The summed E-state index contributed by atoms with van der Waals surface area (Å²) in [4.78, 5) is 22.0. The largest absolute Gasteiger partial charge is 0.319 e. The molecule has 43 heavy (non-hydrogen) atoms. The maximum Gasteiger partial charge on any atom is 0.259 e. The van der Waals surface area contributed by atoms with E-state index >= 15 is 4.39 Å². The number of pyridine rings is 1. The van der Waals surface area contributed by atoms with Gasteiger partial charge in [0.25, 0.3) is 6.43 Å². The number of likely N-dealkylation sites (tertiary alicyclic amines) is 2. The molecule has 3 aromatic heterocycles. The van der Waals surface area contributed by atoms with Crippen LogP contribution in [0.3, 0.4) is 0 Å². The van der Waals surface area contributed by atoms with Crippen LogP contribution < -0.4 is 5.32 Å². The lowest BCUT2D eigenvalue weighted by molar-refractivity contribution is 0.0400. The van der Waals surface area contributed by atoms with E-state index in [0.29, 0.717) is 23.5 Å². The number of rotatable bonds is 6. The van der Waals surface area contributed by atoms with Gasteiger partial charge in [-0.1, -0.05) is 6.07 Å². The Morgan fingerprint density at radius 1 is 0.953 bits per heavy atom. The number of nitrogens with one attached hydrogen (secondary N) is 1. The standard InChI is InChI=1S/C31H34F4N8/c1-41-10-6-31(7-11-41)8-12-42(13-9-31)18-19-2-4-25(36-16-19)38-30-37-17-22(33)27(40-30)20-14-21(32)28-24(15-20)43-23(29(34)35)3-5-26(43)39-28/h2,4,14-17,23,29H,3,5-13,18H2,1H3,(H,36,37,38,40). The Kier molecular flexibility index (Phi) is 7.29. The molecule has 1 aromatic carbocycles. The molecule has 1 unspecified atom stereocenters. The predicted octanol–water partition coefficient (Wildman–Crippen LogP) is 5.97. The second kappa shape index (κ2) is 11.1. The van der Waals surface area contributed by atoms with E-state index in [0.717, 1.165) is 37.5 Å². The molecule has 3 aliphatic heterocycles. The zero-order chi connectivity index (χ0) is 29.7. The van der Waals surface area contributed by atoms with Crippen molar-refractivity contribution in [3.05, 3.63) is 59.7 Å². The van der Waals surface area contributed by atoms with Crippen molar-refractivity contribution in [2.45, 2.75) is 57.5 Å². The van der Waals surface area contributed by atoms with Crippen molar-refractivity contribution in [1.29, 1.82) is 0 Å². The van der Waals surface area contributed by atoms with Gasteiger partial charge in [-0.15, -0.1) is 0 Å². The highest BCUT2D eigenvalue weighted by molar-refractivity contribution is 5.83. The van der Waals surface area contributed by atoms with Crippen molar-refractivity contribution in [2.24, 2.45) is 5.41 Å². The highest BCUT2D eigenvalue weighted by Crippen LogP contribution is 2.41. The normalized spacial score (nSPS) is 20.7. The van der Waals surface area contributed by atoms with E-state index in [-0.39, 0.29) is 34.7 Å². The number of aromatic nitrogens is 5. The average molecular weight is 595 g/mol. The number of imidazole rings is 1. The molecule has 2 saturated heterocycles. The monoisotopic (exact) mass is 594 g/mol. The Balaban J connectivity index is 1.05. The quantitative estimate of drug-likeness (QED) is 0.276. The van der Waals surface area contributed by atoms with Crippen molar-refractivity contribution in [3.8, 4) is 11.3 Å². The number of halogens is 4.